The van der Waals surface area contributed by atoms with E-state index in [-0.39, 0.29) is 23.6 Å². The third kappa shape index (κ3) is 3.71. The van der Waals surface area contributed by atoms with Crippen LogP contribution in [0.4, 0.5) is 4.39 Å². The number of halogens is 1. The molecule has 6 nitrogen and oxygen atoms in total. The Balaban J connectivity index is 1.49. The molecule has 27 heavy (non-hydrogen) atoms. The first-order valence-corrected chi connectivity index (χ1v) is 9.67. The average molecular weight is 383 g/mol. The maximum absolute atomic E-state index is 14.1. The minimum absolute atomic E-state index is 0.0234. The van der Waals surface area contributed by atoms with Gasteiger partial charge in [-0.3, -0.25) is 4.79 Å². The van der Waals surface area contributed by atoms with Crippen LogP contribution in [-0.4, -0.2) is 43.3 Å². The molecule has 1 saturated heterocycles. The van der Waals surface area contributed by atoms with Crippen LogP contribution >= 0.6 is 11.8 Å². The number of hydrogen-bond acceptors (Lipinski definition) is 5. The third-order valence-electron chi connectivity index (χ3n) is 4.42. The molecule has 1 aliphatic rings. The fraction of sp³-hybridized carbons (Fsp3) is 0.263. The second-order valence-corrected chi connectivity index (χ2v) is 7.53. The topological polar surface area (TPSA) is 63.9 Å². The highest BCUT2D eigenvalue weighted by atomic mass is 32.2. The van der Waals surface area contributed by atoms with E-state index >= 15 is 0 Å². The predicted molar refractivity (Wildman–Crippen MR) is 101 cm³/mol. The van der Waals surface area contributed by atoms with Gasteiger partial charge in [0.2, 0.25) is 11.7 Å². The molecule has 0 aliphatic carbocycles. The predicted octanol–water partition coefficient (Wildman–Crippen LogP) is 3.06. The summed E-state index contributed by atoms with van der Waals surface area (Å²) >= 11 is 1.56. The molecular weight excluding hydrogens is 365 g/mol. The van der Waals surface area contributed by atoms with Gasteiger partial charge >= 0.3 is 0 Å². The molecule has 0 saturated carbocycles. The minimum Gasteiger partial charge on any atom is -0.324 e. The van der Waals surface area contributed by atoms with Crippen molar-refractivity contribution in [1.29, 1.82) is 0 Å². The molecule has 2 heterocycles. The number of nitrogens with zero attached hydrogens (tertiary/aromatic N) is 5. The lowest BCUT2D eigenvalue weighted by atomic mass is 10.1. The largest absolute Gasteiger partial charge is 0.324 e. The van der Waals surface area contributed by atoms with Crippen LogP contribution in [0.2, 0.25) is 0 Å². The molecule has 4 rings (SSSR count). The summed E-state index contributed by atoms with van der Waals surface area (Å²) < 4.78 is 14.1. The van der Waals surface area contributed by atoms with Crippen molar-refractivity contribution in [3.63, 3.8) is 0 Å². The van der Waals surface area contributed by atoms with E-state index in [4.69, 9.17) is 0 Å². The molecule has 0 bridgehead atoms. The highest BCUT2D eigenvalue weighted by molar-refractivity contribution is 7.99. The van der Waals surface area contributed by atoms with Gasteiger partial charge in [0.15, 0.2) is 0 Å². The van der Waals surface area contributed by atoms with Crippen LogP contribution in [-0.2, 0) is 11.3 Å². The van der Waals surface area contributed by atoms with Crippen molar-refractivity contribution in [2.75, 3.05) is 12.3 Å². The fourth-order valence-electron chi connectivity index (χ4n) is 3.00. The second kappa shape index (κ2) is 7.48. The lowest BCUT2D eigenvalue weighted by Crippen LogP contribution is -2.34. The highest BCUT2D eigenvalue weighted by Crippen LogP contribution is 2.38. The summed E-state index contributed by atoms with van der Waals surface area (Å²) in [4.78, 5) is 15.7. The Morgan fingerprint density at radius 2 is 2.00 bits per heavy atom. The van der Waals surface area contributed by atoms with Crippen molar-refractivity contribution in [2.24, 2.45) is 0 Å². The van der Waals surface area contributed by atoms with Crippen molar-refractivity contribution in [2.45, 2.75) is 18.8 Å². The Labute approximate surface area is 160 Å². The van der Waals surface area contributed by atoms with E-state index in [1.165, 1.54) is 10.9 Å². The number of carbonyl (C=O) groups excluding carboxylic acids is 1. The number of aromatic nitrogens is 4. The molecule has 138 valence electrons. The molecule has 1 aliphatic heterocycles. The molecular formula is C19H18FN5OS. The smallest absolute Gasteiger partial charge is 0.247 e. The summed E-state index contributed by atoms with van der Waals surface area (Å²) in [5.74, 6) is 0.796. The van der Waals surface area contributed by atoms with Crippen LogP contribution in [0, 0.1) is 12.7 Å². The molecule has 8 heteroatoms. The molecule has 1 amide bonds. The van der Waals surface area contributed by atoms with Crippen LogP contribution in [0.5, 0.6) is 0 Å². The van der Waals surface area contributed by atoms with E-state index in [0.29, 0.717) is 17.9 Å². The molecule has 3 aromatic rings. The van der Waals surface area contributed by atoms with Crippen molar-refractivity contribution in [1.82, 2.24) is 25.1 Å². The maximum atomic E-state index is 14.1. The Hall–Kier alpha value is -2.74. The van der Waals surface area contributed by atoms with Gasteiger partial charge in [0.05, 0.1) is 0 Å². The minimum atomic E-state index is -0.321. The normalized spacial score (nSPS) is 16.7. The maximum Gasteiger partial charge on any atom is 0.247 e. The summed E-state index contributed by atoms with van der Waals surface area (Å²) in [5, 5.41) is 12.0. The first-order valence-electron chi connectivity index (χ1n) is 8.62. The van der Waals surface area contributed by atoms with Gasteiger partial charge in [0.1, 0.15) is 17.7 Å². The average Bonchev–Trinajstić information content (AvgIpc) is 3.32. The summed E-state index contributed by atoms with van der Waals surface area (Å²) in [6.45, 7) is 2.55. The highest BCUT2D eigenvalue weighted by Gasteiger charge is 2.32. The van der Waals surface area contributed by atoms with Crippen molar-refractivity contribution in [3.8, 4) is 11.4 Å². The van der Waals surface area contributed by atoms with E-state index in [2.05, 4.69) is 15.4 Å². The Bertz CT molecular complexity index is 959. The van der Waals surface area contributed by atoms with Crippen molar-refractivity contribution >= 4 is 17.7 Å². The number of amides is 1. The zero-order valence-corrected chi connectivity index (χ0v) is 15.6. The molecule has 0 spiro atoms. The molecule has 1 aromatic heterocycles. The monoisotopic (exact) mass is 383 g/mol. The Morgan fingerprint density at radius 1 is 1.22 bits per heavy atom. The molecule has 0 radical (unpaired) electrons. The molecule has 2 aromatic carbocycles. The first kappa shape index (κ1) is 17.7. The van der Waals surface area contributed by atoms with Crippen molar-refractivity contribution in [3.05, 3.63) is 65.5 Å². The summed E-state index contributed by atoms with van der Waals surface area (Å²) in [5.41, 5.74) is 2.52. The number of carbonyl (C=O) groups is 1. The number of aryl methyl sites for hydroxylation is 1. The standard InChI is InChI=1S/C19H18FN5OS/c1-13-6-8-14(9-7-13)18-21-23-25(22-18)12-17(26)24-10-11-27-19(24)15-4-2-3-5-16(15)20/h2-9,19H,10-12H2,1H3/t19-/m1/s1. The Kier molecular flexibility index (Phi) is 4.89. The van der Waals surface area contributed by atoms with Gasteiger partial charge in [0, 0.05) is 23.4 Å². The van der Waals surface area contributed by atoms with E-state index in [1.807, 2.05) is 31.2 Å². The number of benzene rings is 2. The molecule has 1 fully saturated rings. The third-order valence-corrected chi connectivity index (χ3v) is 5.66. The summed E-state index contributed by atoms with van der Waals surface area (Å²) in [7, 11) is 0. The number of thioether (sulfide) groups is 1. The van der Waals surface area contributed by atoms with Crippen LogP contribution in [0.3, 0.4) is 0 Å². The van der Waals surface area contributed by atoms with Crippen LogP contribution in [0.1, 0.15) is 16.5 Å². The number of rotatable bonds is 4. The van der Waals surface area contributed by atoms with Gasteiger partial charge in [-0.25, -0.2) is 4.39 Å². The lowest BCUT2D eigenvalue weighted by Gasteiger charge is -2.24. The molecule has 1 atom stereocenters. The van der Waals surface area contributed by atoms with Crippen molar-refractivity contribution < 1.29 is 9.18 Å². The van der Waals surface area contributed by atoms with E-state index in [9.17, 15) is 9.18 Å². The van der Waals surface area contributed by atoms with Gasteiger partial charge < -0.3 is 4.90 Å². The van der Waals surface area contributed by atoms with E-state index in [1.54, 1.807) is 34.9 Å². The quantitative estimate of drug-likeness (QED) is 0.693. The van der Waals surface area contributed by atoms with Gasteiger partial charge in [0.25, 0.3) is 0 Å². The lowest BCUT2D eigenvalue weighted by molar-refractivity contribution is -0.132. The molecule has 0 unspecified atom stereocenters. The van der Waals surface area contributed by atoms with Crippen LogP contribution < -0.4 is 0 Å². The summed E-state index contributed by atoms with van der Waals surface area (Å²) in [6.07, 6.45) is 0. The molecule has 0 N–H and O–H groups in total. The second-order valence-electron chi connectivity index (χ2n) is 6.34. The Morgan fingerprint density at radius 3 is 2.78 bits per heavy atom. The fourth-order valence-corrected chi connectivity index (χ4v) is 4.30. The van der Waals surface area contributed by atoms with E-state index < -0.39 is 0 Å². The SMILES string of the molecule is Cc1ccc(-c2nnn(CC(=O)N3CCS[C@@H]3c3ccccc3F)n2)cc1. The first-order chi connectivity index (χ1) is 13.1. The number of tetrazole rings is 1. The van der Waals surface area contributed by atoms with Gasteiger partial charge in [-0.1, -0.05) is 48.0 Å². The van der Waals surface area contributed by atoms with Gasteiger partial charge in [-0.05, 0) is 18.2 Å². The van der Waals surface area contributed by atoms with E-state index in [0.717, 1.165) is 16.9 Å². The number of hydrogen-bond donors (Lipinski definition) is 0. The van der Waals surface area contributed by atoms with Gasteiger partial charge in [-0.15, -0.1) is 22.0 Å². The summed E-state index contributed by atoms with van der Waals surface area (Å²) in [6, 6.07) is 14.4. The zero-order chi connectivity index (χ0) is 18.8. The van der Waals surface area contributed by atoms with Gasteiger partial charge in [-0.2, -0.15) is 4.80 Å². The van der Waals surface area contributed by atoms with Crippen LogP contribution in [0.25, 0.3) is 11.4 Å². The van der Waals surface area contributed by atoms with Crippen LogP contribution in [0.15, 0.2) is 48.5 Å². The zero-order valence-electron chi connectivity index (χ0n) is 14.7.